The summed E-state index contributed by atoms with van der Waals surface area (Å²) in [6.45, 7) is 5.25. The third kappa shape index (κ3) is 4.56. The highest BCUT2D eigenvalue weighted by molar-refractivity contribution is 7.07. The quantitative estimate of drug-likeness (QED) is 0.748. The topological polar surface area (TPSA) is 70.7 Å². The smallest absolute Gasteiger partial charge is 0.337 e. The predicted molar refractivity (Wildman–Crippen MR) is 90.1 cm³/mol. The molecule has 23 heavy (non-hydrogen) atoms. The first-order valence-corrected chi connectivity index (χ1v) is 8.66. The summed E-state index contributed by atoms with van der Waals surface area (Å²) in [5.41, 5.74) is 2.35. The summed E-state index contributed by atoms with van der Waals surface area (Å²) in [4.78, 5) is 26.2. The van der Waals surface area contributed by atoms with Crippen LogP contribution in [0.2, 0.25) is 0 Å². The number of urea groups is 1. The number of carbonyl (C=O) groups excluding carboxylic acids is 2. The molecule has 1 aliphatic heterocycles. The van der Waals surface area contributed by atoms with Gasteiger partial charge in [-0.1, -0.05) is 6.92 Å². The van der Waals surface area contributed by atoms with Crippen molar-refractivity contribution in [1.29, 1.82) is 0 Å². The van der Waals surface area contributed by atoms with Crippen molar-refractivity contribution in [3.05, 3.63) is 33.7 Å². The minimum absolute atomic E-state index is 0.274. The van der Waals surface area contributed by atoms with Gasteiger partial charge in [0.1, 0.15) is 0 Å². The van der Waals surface area contributed by atoms with Gasteiger partial charge in [-0.2, -0.15) is 11.3 Å². The fourth-order valence-corrected chi connectivity index (χ4v) is 3.27. The highest BCUT2D eigenvalue weighted by atomic mass is 32.1. The molecule has 2 rings (SSSR count). The van der Waals surface area contributed by atoms with Crippen LogP contribution in [0.1, 0.15) is 25.8 Å². The molecule has 126 valence electrons. The Balaban J connectivity index is 2.20. The number of nitrogens with one attached hydrogen (secondary N) is 2. The van der Waals surface area contributed by atoms with Crippen molar-refractivity contribution in [2.45, 2.75) is 32.9 Å². The molecule has 0 aromatic carbocycles. The van der Waals surface area contributed by atoms with Gasteiger partial charge >= 0.3 is 12.0 Å². The van der Waals surface area contributed by atoms with Gasteiger partial charge in [-0.15, -0.1) is 0 Å². The number of nitrogens with zero attached hydrogens (tertiary/aromatic N) is 1. The molecule has 6 nitrogen and oxygen atoms in total. The van der Waals surface area contributed by atoms with Crippen LogP contribution in [-0.4, -0.2) is 43.1 Å². The standard InChI is InChI=1S/C16H23N3O3S/c1-4-12-14(15(20)22-5-2)13(18-16(21)17-12)9-19(3)8-11-6-7-23-10-11/h6-7,10,12H,4-5,8-9H2,1-3H3,(H2,17,18,21)/t12-/m0/s1. The number of hydrogen-bond donors (Lipinski definition) is 2. The van der Waals surface area contributed by atoms with Crippen LogP contribution in [0.5, 0.6) is 0 Å². The molecule has 0 unspecified atom stereocenters. The molecule has 2 N–H and O–H groups in total. The lowest BCUT2D eigenvalue weighted by Crippen LogP contribution is -2.51. The van der Waals surface area contributed by atoms with E-state index in [4.69, 9.17) is 4.74 Å². The molecule has 0 saturated heterocycles. The molecule has 1 aliphatic rings. The van der Waals surface area contributed by atoms with Crippen molar-refractivity contribution < 1.29 is 14.3 Å². The number of ether oxygens (including phenoxy) is 1. The van der Waals surface area contributed by atoms with E-state index in [-0.39, 0.29) is 18.0 Å². The maximum Gasteiger partial charge on any atom is 0.337 e. The summed E-state index contributed by atoms with van der Waals surface area (Å²) in [5, 5.41) is 9.67. The zero-order valence-corrected chi connectivity index (χ0v) is 14.5. The highest BCUT2D eigenvalue weighted by Crippen LogP contribution is 2.18. The number of amides is 2. The molecule has 2 heterocycles. The van der Waals surface area contributed by atoms with Gasteiger partial charge < -0.3 is 15.4 Å². The number of rotatable bonds is 7. The van der Waals surface area contributed by atoms with Gasteiger partial charge in [-0.25, -0.2) is 9.59 Å². The maximum atomic E-state index is 12.3. The highest BCUT2D eigenvalue weighted by Gasteiger charge is 2.31. The van der Waals surface area contributed by atoms with E-state index in [1.54, 1.807) is 18.3 Å². The van der Waals surface area contributed by atoms with Gasteiger partial charge in [-0.05, 0) is 42.8 Å². The minimum Gasteiger partial charge on any atom is -0.463 e. The number of hydrogen-bond acceptors (Lipinski definition) is 5. The van der Waals surface area contributed by atoms with E-state index in [2.05, 4.69) is 27.0 Å². The first-order valence-electron chi connectivity index (χ1n) is 7.72. The molecule has 0 bridgehead atoms. The van der Waals surface area contributed by atoms with Gasteiger partial charge in [0, 0.05) is 18.8 Å². The second-order valence-corrected chi connectivity index (χ2v) is 6.26. The zero-order valence-electron chi connectivity index (χ0n) is 13.7. The van der Waals surface area contributed by atoms with Crippen molar-refractivity contribution in [2.24, 2.45) is 0 Å². The van der Waals surface area contributed by atoms with Crippen molar-refractivity contribution in [3.63, 3.8) is 0 Å². The van der Waals surface area contributed by atoms with Crippen LogP contribution in [-0.2, 0) is 16.1 Å². The van der Waals surface area contributed by atoms with E-state index in [1.807, 2.05) is 19.4 Å². The van der Waals surface area contributed by atoms with Crippen molar-refractivity contribution in [3.8, 4) is 0 Å². The average Bonchev–Trinajstić information content (AvgIpc) is 2.99. The summed E-state index contributed by atoms with van der Waals surface area (Å²) in [6, 6.07) is 1.48. The Kier molecular flexibility index (Phi) is 6.18. The number of esters is 1. The van der Waals surface area contributed by atoms with Gasteiger partial charge in [0.15, 0.2) is 0 Å². The van der Waals surface area contributed by atoms with Crippen LogP contribution in [0.3, 0.4) is 0 Å². The van der Waals surface area contributed by atoms with Gasteiger partial charge in [-0.3, -0.25) is 4.90 Å². The third-order valence-electron chi connectivity index (χ3n) is 3.61. The largest absolute Gasteiger partial charge is 0.463 e. The fraction of sp³-hybridized carbons (Fsp3) is 0.500. The van der Waals surface area contributed by atoms with E-state index >= 15 is 0 Å². The van der Waals surface area contributed by atoms with Crippen LogP contribution in [0.4, 0.5) is 4.79 Å². The normalized spacial score (nSPS) is 17.9. The number of likely N-dealkylation sites (N-methyl/N-ethyl adjacent to an activating group) is 1. The van der Waals surface area contributed by atoms with Crippen LogP contribution >= 0.6 is 11.3 Å². The average molecular weight is 337 g/mol. The van der Waals surface area contributed by atoms with Crippen molar-refractivity contribution in [1.82, 2.24) is 15.5 Å². The first kappa shape index (κ1) is 17.5. The Morgan fingerprint density at radius 1 is 1.39 bits per heavy atom. The molecule has 0 fully saturated rings. The second-order valence-electron chi connectivity index (χ2n) is 5.48. The van der Waals surface area contributed by atoms with Gasteiger partial charge in [0.25, 0.3) is 0 Å². The zero-order chi connectivity index (χ0) is 16.8. The molecular formula is C16H23N3O3S. The summed E-state index contributed by atoms with van der Waals surface area (Å²) < 4.78 is 5.16. The van der Waals surface area contributed by atoms with Gasteiger partial charge in [0.2, 0.25) is 0 Å². The van der Waals surface area contributed by atoms with Gasteiger partial charge in [0.05, 0.1) is 18.2 Å². The molecule has 2 amide bonds. The molecule has 0 spiro atoms. The van der Waals surface area contributed by atoms with E-state index in [0.29, 0.717) is 30.8 Å². The molecule has 1 aromatic rings. The lowest BCUT2D eigenvalue weighted by molar-refractivity contribution is -0.139. The lowest BCUT2D eigenvalue weighted by atomic mass is 10.00. The van der Waals surface area contributed by atoms with Crippen LogP contribution in [0, 0.1) is 0 Å². The third-order valence-corrected chi connectivity index (χ3v) is 4.34. The van der Waals surface area contributed by atoms with Crippen LogP contribution in [0.25, 0.3) is 0 Å². The molecule has 1 aromatic heterocycles. The fourth-order valence-electron chi connectivity index (χ4n) is 2.61. The summed E-state index contributed by atoms with van der Waals surface area (Å²) in [7, 11) is 1.96. The van der Waals surface area contributed by atoms with Crippen molar-refractivity contribution >= 4 is 23.3 Å². The molecule has 0 aliphatic carbocycles. The Hall–Kier alpha value is -1.86. The summed E-state index contributed by atoms with van der Waals surface area (Å²) in [6.07, 6.45) is 0.638. The number of carbonyl (C=O) groups is 2. The van der Waals surface area contributed by atoms with E-state index in [0.717, 1.165) is 6.54 Å². The SMILES string of the molecule is CCOC(=O)C1=C(CN(C)Cc2ccsc2)NC(=O)N[C@H]1CC. The molecule has 7 heteroatoms. The summed E-state index contributed by atoms with van der Waals surface area (Å²) >= 11 is 1.65. The minimum atomic E-state index is -0.370. The Bertz CT molecular complexity index is 583. The maximum absolute atomic E-state index is 12.3. The van der Waals surface area contributed by atoms with Crippen LogP contribution in [0.15, 0.2) is 28.1 Å². The second kappa shape index (κ2) is 8.12. The Labute approximate surface area is 140 Å². The lowest BCUT2D eigenvalue weighted by Gasteiger charge is -2.30. The summed E-state index contributed by atoms with van der Waals surface area (Å²) in [5.74, 6) is -0.370. The molecular weight excluding hydrogens is 314 g/mol. The molecule has 0 saturated carbocycles. The Morgan fingerprint density at radius 3 is 2.78 bits per heavy atom. The first-order chi connectivity index (χ1) is 11.0. The van der Waals surface area contributed by atoms with E-state index < -0.39 is 0 Å². The van der Waals surface area contributed by atoms with E-state index in [9.17, 15) is 9.59 Å². The Morgan fingerprint density at radius 2 is 2.17 bits per heavy atom. The van der Waals surface area contributed by atoms with E-state index in [1.165, 1.54) is 5.56 Å². The van der Waals surface area contributed by atoms with Crippen LogP contribution < -0.4 is 10.6 Å². The monoisotopic (exact) mass is 337 g/mol. The molecule has 1 atom stereocenters. The predicted octanol–water partition coefficient (Wildman–Crippen LogP) is 2.09. The number of thiophene rings is 1. The molecule has 0 radical (unpaired) electrons. The van der Waals surface area contributed by atoms with Crippen molar-refractivity contribution in [2.75, 3.05) is 20.2 Å².